The molecule has 2 aromatic carbocycles. The summed E-state index contributed by atoms with van der Waals surface area (Å²) in [5.41, 5.74) is 3.44. The average Bonchev–Trinajstić information content (AvgIpc) is 3.05. The predicted molar refractivity (Wildman–Crippen MR) is 106 cm³/mol. The molecule has 0 spiro atoms. The number of rotatable bonds is 4. The van der Waals surface area contributed by atoms with Gasteiger partial charge in [-0.3, -0.25) is 9.78 Å². The summed E-state index contributed by atoms with van der Waals surface area (Å²) in [7, 11) is 4.61. The number of nitrogens with zero attached hydrogens (tertiary/aromatic N) is 2. The number of benzene rings is 2. The Hall–Kier alpha value is -3.28. The van der Waals surface area contributed by atoms with Crippen LogP contribution in [0.5, 0.6) is 17.2 Å². The van der Waals surface area contributed by atoms with Gasteiger partial charge in [0.1, 0.15) is 0 Å². The number of pyridine rings is 1. The molecule has 1 aliphatic heterocycles. The summed E-state index contributed by atoms with van der Waals surface area (Å²) >= 11 is 0. The maximum absolute atomic E-state index is 13.3. The van der Waals surface area contributed by atoms with Crippen molar-refractivity contribution in [1.29, 1.82) is 0 Å². The van der Waals surface area contributed by atoms with Crippen molar-refractivity contribution in [3.63, 3.8) is 0 Å². The standard InChI is InChI=1S/C22H22N2O4/c1-13-20-16(9-14-7-5-6-8-17(14)23-20)12-24(13)22(25)15-10-18(26-2)21(28-4)19(11-15)27-3/h5-11,13H,12H2,1-4H3/t13-/m0/s1. The molecule has 4 rings (SSSR count). The summed E-state index contributed by atoms with van der Waals surface area (Å²) in [6.07, 6.45) is 0. The van der Waals surface area contributed by atoms with Crippen LogP contribution in [-0.2, 0) is 6.54 Å². The van der Waals surface area contributed by atoms with E-state index < -0.39 is 0 Å². The Labute approximate surface area is 163 Å². The summed E-state index contributed by atoms with van der Waals surface area (Å²) in [5.74, 6) is 1.28. The lowest BCUT2D eigenvalue weighted by Crippen LogP contribution is -2.28. The van der Waals surface area contributed by atoms with E-state index in [-0.39, 0.29) is 11.9 Å². The summed E-state index contributed by atoms with van der Waals surface area (Å²) in [6.45, 7) is 2.52. The molecule has 144 valence electrons. The van der Waals surface area contributed by atoms with Gasteiger partial charge in [0.25, 0.3) is 5.91 Å². The topological polar surface area (TPSA) is 60.9 Å². The molecular weight excluding hydrogens is 356 g/mol. The number of carbonyl (C=O) groups excluding carboxylic acids is 1. The first-order chi connectivity index (χ1) is 13.6. The zero-order valence-corrected chi connectivity index (χ0v) is 16.4. The van der Waals surface area contributed by atoms with Gasteiger partial charge in [0.2, 0.25) is 5.75 Å². The Morgan fingerprint density at radius 3 is 2.36 bits per heavy atom. The van der Waals surface area contributed by atoms with Crippen LogP contribution in [0.1, 0.15) is 34.6 Å². The van der Waals surface area contributed by atoms with E-state index in [4.69, 9.17) is 19.2 Å². The number of aromatic nitrogens is 1. The molecule has 1 aliphatic rings. The van der Waals surface area contributed by atoms with E-state index in [0.29, 0.717) is 29.4 Å². The van der Waals surface area contributed by atoms with Crippen molar-refractivity contribution >= 4 is 16.8 Å². The first kappa shape index (κ1) is 18.1. The molecule has 0 radical (unpaired) electrons. The number of ether oxygens (including phenoxy) is 3. The molecule has 6 heteroatoms. The molecule has 0 saturated heterocycles. The largest absolute Gasteiger partial charge is 0.493 e. The first-order valence-corrected chi connectivity index (χ1v) is 9.07. The summed E-state index contributed by atoms with van der Waals surface area (Å²) in [5, 5.41) is 1.08. The minimum absolute atomic E-state index is 0.103. The number of hydrogen-bond acceptors (Lipinski definition) is 5. The van der Waals surface area contributed by atoms with E-state index in [0.717, 1.165) is 22.2 Å². The van der Waals surface area contributed by atoms with Gasteiger partial charge >= 0.3 is 0 Å². The molecule has 0 saturated carbocycles. The number of carbonyl (C=O) groups is 1. The summed E-state index contributed by atoms with van der Waals surface area (Å²) in [4.78, 5) is 19.9. The van der Waals surface area contributed by atoms with E-state index in [1.165, 1.54) is 21.3 Å². The number of amides is 1. The Morgan fingerprint density at radius 2 is 1.71 bits per heavy atom. The van der Waals surface area contributed by atoms with Crippen LogP contribution in [0.4, 0.5) is 0 Å². The van der Waals surface area contributed by atoms with Gasteiger partial charge < -0.3 is 19.1 Å². The van der Waals surface area contributed by atoms with Crippen molar-refractivity contribution in [2.45, 2.75) is 19.5 Å². The molecule has 2 heterocycles. The number of methoxy groups -OCH3 is 3. The molecule has 0 bridgehead atoms. The van der Waals surface area contributed by atoms with E-state index in [9.17, 15) is 4.79 Å². The van der Waals surface area contributed by atoms with Gasteiger partial charge in [0, 0.05) is 17.5 Å². The van der Waals surface area contributed by atoms with Crippen LogP contribution in [0.3, 0.4) is 0 Å². The minimum Gasteiger partial charge on any atom is -0.493 e. The van der Waals surface area contributed by atoms with E-state index >= 15 is 0 Å². The molecule has 0 fully saturated rings. The van der Waals surface area contributed by atoms with Gasteiger partial charge in [-0.1, -0.05) is 18.2 Å². The maximum atomic E-state index is 13.3. The van der Waals surface area contributed by atoms with Gasteiger partial charge in [-0.2, -0.15) is 0 Å². The third-order valence-electron chi connectivity index (χ3n) is 5.21. The highest BCUT2D eigenvalue weighted by molar-refractivity contribution is 5.96. The fraction of sp³-hybridized carbons (Fsp3) is 0.273. The summed E-state index contributed by atoms with van der Waals surface area (Å²) < 4.78 is 16.1. The Bertz CT molecular complexity index is 1040. The lowest BCUT2D eigenvalue weighted by molar-refractivity contribution is 0.0702. The second-order valence-electron chi connectivity index (χ2n) is 6.75. The fourth-order valence-corrected chi connectivity index (χ4v) is 3.75. The first-order valence-electron chi connectivity index (χ1n) is 9.07. The monoisotopic (exact) mass is 378 g/mol. The second-order valence-corrected chi connectivity index (χ2v) is 6.75. The van der Waals surface area contributed by atoms with Gasteiger partial charge in [-0.25, -0.2) is 0 Å². The number of para-hydroxylation sites is 1. The zero-order chi connectivity index (χ0) is 19.8. The average molecular weight is 378 g/mol. The number of hydrogen-bond donors (Lipinski definition) is 0. The second kappa shape index (κ2) is 7.03. The SMILES string of the molecule is COc1cc(C(=O)N2Cc3cc4ccccc4nc3[C@@H]2C)cc(OC)c1OC. The molecule has 1 aromatic heterocycles. The third kappa shape index (κ3) is 2.81. The van der Waals surface area contributed by atoms with Crippen LogP contribution in [-0.4, -0.2) is 37.1 Å². The quantitative estimate of drug-likeness (QED) is 0.687. The van der Waals surface area contributed by atoms with Crippen LogP contribution in [0, 0.1) is 0 Å². The molecule has 0 aliphatic carbocycles. The van der Waals surface area contributed by atoms with Crippen LogP contribution in [0.25, 0.3) is 10.9 Å². The highest BCUT2D eigenvalue weighted by atomic mass is 16.5. The van der Waals surface area contributed by atoms with Crippen molar-refractivity contribution in [3.05, 3.63) is 59.3 Å². The van der Waals surface area contributed by atoms with Gasteiger partial charge in [0.05, 0.1) is 38.6 Å². The maximum Gasteiger partial charge on any atom is 0.254 e. The minimum atomic E-state index is -0.119. The zero-order valence-electron chi connectivity index (χ0n) is 16.4. The summed E-state index contributed by atoms with van der Waals surface area (Å²) in [6, 6.07) is 13.4. The molecule has 1 atom stereocenters. The fourth-order valence-electron chi connectivity index (χ4n) is 3.75. The molecule has 6 nitrogen and oxygen atoms in total. The van der Waals surface area contributed by atoms with Crippen molar-refractivity contribution in [2.75, 3.05) is 21.3 Å². The Kier molecular flexibility index (Phi) is 4.55. The smallest absolute Gasteiger partial charge is 0.254 e. The molecule has 0 N–H and O–H groups in total. The van der Waals surface area contributed by atoms with Gasteiger partial charge in [-0.15, -0.1) is 0 Å². The molecule has 0 unspecified atom stereocenters. The molecule has 3 aromatic rings. The Balaban J connectivity index is 1.71. The van der Waals surface area contributed by atoms with Crippen molar-refractivity contribution in [2.24, 2.45) is 0 Å². The van der Waals surface area contributed by atoms with E-state index in [1.54, 1.807) is 12.1 Å². The Morgan fingerprint density at radius 1 is 1.04 bits per heavy atom. The highest BCUT2D eigenvalue weighted by Gasteiger charge is 2.33. The lowest BCUT2D eigenvalue weighted by atomic mass is 10.1. The van der Waals surface area contributed by atoms with Crippen molar-refractivity contribution < 1.29 is 19.0 Å². The number of fused-ring (bicyclic) bond motifs is 2. The third-order valence-corrected chi connectivity index (χ3v) is 5.21. The van der Waals surface area contributed by atoms with Crippen LogP contribution < -0.4 is 14.2 Å². The lowest BCUT2D eigenvalue weighted by Gasteiger charge is -2.22. The van der Waals surface area contributed by atoms with E-state index in [2.05, 4.69) is 6.07 Å². The van der Waals surface area contributed by atoms with Crippen LogP contribution in [0.15, 0.2) is 42.5 Å². The molecule has 28 heavy (non-hydrogen) atoms. The van der Waals surface area contributed by atoms with Gasteiger partial charge in [-0.05, 0) is 36.8 Å². The highest BCUT2D eigenvalue weighted by Crippen LogP contribution is 2.40. The molecule has 1 amide bonds. The predicted octanol–water partition coefficient (Wildman–Crippen LogP) is 3.98. The van der Waals surface area contributed by atoms with Gasteiger partial charge in [0.15, 0.2) is 11.5 Å². The van der Waals surface area contributed by atoms with Crippen LogP contribution >= 0.6 is 0 Å². The normalized spacial score (nSPS) is 15.4. The van der Waals surface area contributed by atoms with Crippen molar-refractivity contribution in [1.82, 2.24) is 9.88 Å². The molecular formula is C22H22N2O4. The van der Waals surface area contributed by atoms with Crippen molar-refractivity contribution in [3.8, 4) is 17.2 Å². The van der Waals surface area contributed by atoms with Crippen LogP contribution in [0.2, 0.25) is 0 Å². The van der Waals surface area contributed by atoms with E-state index in [1.807, 2.05) is 36.1 Å².